The van der Waals surface area contributed by atoms with E-state index in [0.717, 1.165) is 27.4 Å². The van der Waals surface area contributed by atoms with Crippen molar-refractivity contribution in [1.29, 1.82) is 0 Å². The molecule has 0 fully saturated rings. The Kier molecular flexibility index (Phi) is 5.25. The molecule has 1 N–H and O–H groups in total. The van der Waals surface area contributed by atoms with E-state index in [1.54, 1.807) is 23.0 Å². The lowest BCUT2D eigenvalue weighted by Gasteiger charge is -2.06. The Hall–Kier alpha value is -2.60. The molecule has 2 heterocycles. The fourth-order valence-corrected chi connectivity index (χ4v) is 3.76. The van der Waals surface area contributed by atoms with Crippen LogP contribution in [-0.2, 0) is 0 Å². The fraction of sp³-hybridized carbons (Fsp3) is 0. The van der Waals surface area contributed by atoms with Crippen LogP contribution in [-0.4, -0.2) is 15.9 Å². The van der Waals surface area contributed by atoms with Crippen LogP contribution in [0.3, 0.4) is 0 Å². The predicted octanol–water partition coefficient (Wildman–Crippen LogP) is 5.97. The Bertz CT molecular complexity index is 1140. The topological polar surface area (TPSA) is 45.4 Å². The zero-order chi connectivity index (χ0) is 18.6. The minimum Gasteiger partial charge on any atom is -0.360 e. The lowest BCUT2D eigenvalue weighted by atomic mass is 10.2. The zero-order valence-electron chi connectivity index (χ0n) is 14.0. The minimum absolute atomic E-state index is 0.604. The van der Waals surface area contributed by atoms with Crippen LogP contribution < -0.4 is 4.80 Å². The highest BCUT2D eigenvalue weighted by atomic mass is 35.5. The van der Waals surface area contributed by atoms with Gasteiger partial charge in [-0.1, -0.05) is 41.4 Å². The Balaban J connectivity index is 1.89. The summed E-state index contributed by atoms with van der Waals surface area (Å²) < 4.78 is 1.77. The van der Waals surface area contributed by atoms with Gasteiger partial charge in [0.25, 0.3) is 0 Å². The maximum Gasteiger partial charge on any atom is 0.211 e. The van der Waals surface area contributed by atoms with Crippen molar-refractivity contribution in [3.8, 4) is 11.3 Å². The third-order valence-electron chi connectivity index (χ3n) is 3.80. The molecular weight excluding hydrogens is 399 g/mol. The summed E-state index contributed by atoms with van der Waals surface area (Å²) in [7, 11) is 0. The molecule has 0 saturated heterocycles. The minimum atomic E-state index is 0.604. The number of rotatable bonds is 4. The number of halogens is 2. The van der Waals surface area contributed by atoms with E-state index in [1.807, 2.05) is 60.1 Å². The lowest BCUT2D eigenvalue weighted by Crippen LogP contribution is -2.11. The van der Waals surface area contributed by atoms with Crippen molar-refractivity contribution >= 4 is 46.4 Å². The van der Waals surface area contributed by atoms with Crippen molar-refractivity contribution in [1.82, 2.24) is 9.66 Å². The molecule has 0 aliphatic rings. The molecule has 0 amide bonds. The van der Waals surface area contributed by atoms with Crippen LogP contribution in [0, 0.1) is 0 Å². The van der Waals surface area contributed by atoms with Gasteiger partial charge in [0.05, 0.1) is 28.3 Å². The number of para-hydroxylation sites is 1. The monoisotopic (exact) mass is 412 g/mol. The summed E-state index contributed by atoms with van der Waals surface area (Å²) in [4.78, 5) is 8.56. The van der Waals surface area contributed by atoms with Crippen LogP contribution in [0.25, 0.3) is 11.3 Å². The second-order valence-corrected chi connectivity index (χ2v) is 7.34. The fourth-order valence-electron chi connectivity index (χ4n) is 2.53. The number of H-pyrrole nitrogens is 1. The summed E-state index contributed by atoms with van der Waals surface area (Å²) in [6.07, 6.45) is 3.60. The van der Waals surface area contributed by atoms with E-state index in [9.17, 15) is 0 Å². The van der Waals surface area contributed by atoms with E-state index >= 15 is 0 Å². The summed E-state index contributed by atoms with van der Waals surface area (Å²) in [5.41, 5.74) is 3.37. The second kappa shape index (κ2) is 7.96. The number of hydrogen-bond acceptors (Lipinski definition) is 3. The predicted molar refractivity (Wildman–Crippen MR) is 113 cm³/mol. The first kappa shape index (κ1) is 17.8. The number of aromatic amines is 1. The first-order chi connectivity index (χ1) is 13.2. The van der Waals surface area contributed by atoms with Crippen molar-refractivity contribution in [2.75, 3.05) is 0 Å². The van der Waals surface area contributed by atoms with Gasteiger partial charge in [-0.3, -0.25) is 0 Å². The third-order valence-corrected chi connectivity index (χ3v) is 5.19. The smallest absolute Gasteiger partial charge is 0.211 e. The van der Waals surface area contributed by atoms with Crippen LogP contribution in [0.1, 0.15) is 5.69 Å². The molecule has 2 aromatic heterocycles. The van der Waals surface area contributed by atoms with Crippen molar-refractivity contribution in [2.45, 2.75) is 0 Å². The number of thiazole rings is 1. The van der Waals surface area contributed by atoms with Crippen LogP contribution in [0.2, 0.25) is 10.0 Å². The largest absolute Gasteiger partial charge is 0.360 e. The van der Waals surface area contributed by atoms with Gasteiger partial charge in [-0.25, -0.2) is 9.67 Å². The van der Waals surface area contributed by atoms with Gasteiger partial charge in [-0.05, 0) is 42.5 Å². The zero-order valence-corrected chi connectivity index (χ0v) is 16.3. The number of hydrogen-bond donors (Lipinski definition) is 1. The molecule has 27 heavy (non-hydrogen) atoms. The van der Waals surface area contributed by atoms with Crippen molar-refractivity contribution in [3.63, 3.8) is 0 Å². The van der Waals surface area contributed by atoms with Gasteiger partial charge < -0.3 is 4.98 Å². The summed E-state index contributed by atoms with van der Waals surface area (Å²) in [6.45, 7) is 0. The number of nitrogens with zero attached hydrogens (tertiary/aromatic N) is 3. The molecule has 0 bridgehead atoms. The van der Waals surface area contributed by atoms with E-state index in [-0.39, 0.29) is 0 Å². The van der Waals surface area contributed by atoms with E-state index in [1.165, 1.54) is 11.3 Å². The van der Waals surface area contributed by atoms with Crippen LogP contribution >= 0.6 is 34.5 Å². The molecule has 7 heteroatoms. The molecule has 134 valence electrons. The number of nitrogens with one attached hydrogen (secondary N) is 1. The summed E-state index contributed by atoms with van der Waals surface area (Å²) in [5, 5.41) is 7.82. The Labute approximate surface area is 170 Å². The molecule has 0 saturated carbocycles. The Morgan fingerprint density at radius 2 is 1.85 bits per heavy atom. The second-order valence-electron chi connectivity index (χ2n) is 5.66. The van der Waals surface area contributed by atoms with Gasteiger partial charge in [0.1, 0.15) is 0 Å². The number of aromatic nitrogens is 2. The van der Waals surface area contributed by atoms with E-state index in [0.29, 0.717) is 10.0 Å². The molecular formula is C20H14Cl2N4S. The molecule has 0 spiro atoms. The van der Waals surface area contributed by atoms with E-state index in [2.05, 4.69) is 10.1 Å². The van der Waals surface area contributed by atoms with Crippen LogP contribution in [0.5, 0.6) is 0 Å². The molecule has 0 aliphatic carbocycles. The van der Waals surface area contributed by atoms with Crippen molar-refractivity contribution in [3.05, 3.63) is 92.8 Å². The normalized spacial score (nSPS) is 12.1. The van der Waals surface area contributed by atoms with Gasteiger partial charge in [0.15, 0.2) is 0 Å². The van der Waals surface area contributed by atoms with Crippen molar-refractivity contribution < 1.29 is 0 Å². The van der Waals surface area contributed by atoms with Gasteiger partial charge in [-0.15, -0.1) is 11.3 Å². The Morgan fingerprint density at radius 1 is 1.00 bits per heavy atom. The van der Waals surface area contributed by atoms with E-state index < -0.39 is 0 Å². The standard InChI is InChI=1S/C20H14Cl2N4S/c21-14-8-9-18(22)17(11-14)19-13-27-20(25-15-5-2-1-3-6-15)26(19)24-12-16-7-4-10-23-16/h1-13,23H. The van der Waals surface area contributed by atoms with Crippen molar-refractivity contribution in [2.24, 2.45) is 10.1 Å². The molecule has 4 nitrogen and oxygen atoms in total. The molecule has 4 aromatic rings. The van der Waals surface area contributed by atoms with E-state index in [4.69, 9.17) is 28.2 Å². The van der Waals surface area contributed by atoms with Gasteiger partial charge in [0.2, 0.25) is 4.80 Å². The van der Waals surface area contributed by atoms with Gasteiger partial charge in [-0.2, -0.15) is 5.10 Å². The summed E-state index contributed by atoms with van der Waals surface area (Å²) >= 11 is 14.1. The Morgan fingerprint density at radius 3 is 2.63 bits per heavy atom. The first-order valence-electron chi connectivity index (χ1n) is 8.14. The quantitative estimate of drug-likeness (QED) is 0.401. The van der Waals surface area contributed by atoms with Gasteiger partial charge >= 0.3 is 0 Å². The highest BCUT2D eigenvalue weighted by Gasteiger charge is 2.12. The molecule has 0 aliphatic heterocycles. The maximum atomic E-state index is 6.42. The number of benzene rings is 2. The average Bonchev–Trinajstić information content (AvgIpc) is 3.33. The summed E-state index contributed by atoms with van der Waals surface area (Å²) in [6, 6.07) is 19.0. The van der Waals surface area contributed by atoms with Gasteiger partial charge in [0, 0.05) is 22.2 Å². The molecule has 0 atom stereocenters. The van der Waals surface area contributed by atoms with Crippen LogP contribution in [0.4, 0.5) is 5.69 Å². The maximum absolute atomic E-state index is 6.42. The molecule has 0 radical (unpaired) electrons. The molecule has 4 rings (SSSR count). The van der Waals surface area contributed by atoms with Crippen LogP contribution in [0.15, 0.2) is 82.3 Å². The average molecular weight is 413 g/mol. The third kappa shape index (κ3) is 4.06. The lowest BCUT2D eigenvalue weighted by molar-refractivity contribution is 0.854. The highest BCUT2D eigenvalue weighted by molar-refractivity contribution is 7.07. The SMILES string of the molecule is Clc1ccc(Cl)c(-c2csc(=Nc3ccccc3)n2N=Cc2ccc[nH]2)c1. The molecule has 0 unspecified atom stereocenters. The first-order valence-corrected chi connectivity index (χ1v) is 9.78. The highest BCUT2D eigenvalue weighted by Crippen LogP contribution is 2.31. The molecule has 2 aromatic carbocycles. The summed E-state index contributed by atoms with van der Waals surface area (Å²) in [5.74, 6) is 0.